The lowest BCUT2D eigenvalue weighted by Crippen LogP contribution is -2.31. The van der Waals surface area contributed by atoms with Crippen molar-refractivity contribution in [3.63, 3.8) is 0 Å². The summed E-state index contributed by atoms with van der Waals surface area (Å²) in [4.78, 5) is 0. The Labute approximate surface area is 62.2 Å². The monoisotopic (exact) mass is 147 g/mol. The SMILES string of the molecule is COCC(C)C(N)CCO. The number of rotatable bonds is 5. The van der Waals surface area contributed by atoms with Crippen molar-refractivity contribution in [2.75, 3.05) is 20.3 Å². The molecule has 0 aliphatic carbocycles. The predicted octanol–water partition coefficient (Wildman–Crippen LogP) is -0.0214. The molecule has 3 N–H and O–H groups in total. The maximum absolute atomic E-state index is 8.53. The van der Waals surface area contributed by atoms with Crippen LogP contribution in [0.3, 0.4) is 0 Å². The van der Waals surface area contributed by atoms with Crippen LogP contribution in [0.2, 0.25) is 0 Å². The minimum absolute atomic E-state index is 0.0601. The largest absolute Gasteiger partial charge is 0.396 e. The minimum atomic E-state index is 0.0601. The molecular formula is C7H17NO2. The summed E-state index contributed by atoms with van der Waals surface area (Å²) in [6, 6.07) is 0.0601. The van der Waals surface area contributed by atoms with E-state index in [1.54, 1.807) is 7.11 Å². The smallest absolute Gasteiger partial charge is 0.0502 e. The Morgan fingerprint density at radius 1 is 1.60 bits per heavy atom. The van der Waals surface area contributed by atoms with Crippen molar-refractivity contribution in [2.24, 2.45) is 11.7 Å². The second-order valence-corrected chi connectivity index (χ2v) is 2.61. The highest BCUT2D eigenvalue weighted by molar-refractivity contribution is 4.67. The van der Waals surface area contributed by atoms with Crippen LogP contribution in [0.5, 0.6) is 0 Å². The van der Waals surface area contributed by atoms with Crippen molar-refractivity contribution in [2.45, 2.75) is 19.4 Å². The Kier molecular flexibility index (Phi) is 5.58. The molecule has 3 heteroatoms. The molecule has 0 aliphatic heterocycles. The summed E-state index contributed by atoms with van der Waals surface area (Å²) in [5.41, 5.74) is 5.67. The number of aliphatic hydroxyl groups excluding tert-OH is 1. The highest BCUT2D eigenvalue weighted by Gasteiger charge is 2.10. The predicted molar refractivity (Wildman–Crippen MR) is 40.7 cm³/mol. The van der Waals surface area contributed by atoms with Gasteiger partial charge in [-0.25, -0.2) is 0 Å². The van der Waals surface area contributed by atoms with Gasteiger partial charge in [0.2, 0.25) is 0 Å². The van der Waals surface area contributed by atoms with E-state index in [9.17, 15) is 0 Å². The Morgan fingerprint density at radius 2 is 2.20 bits per heavy atom. The van der Waals surface area contributed by atoms with Crippen LogP contribution in [0.4, 0.5) is 0 Å². The molecule has 0 aliphatic rings. The van der Waals surface area contributed by atoms with Crippen LogP contribution >= 0.6 is 0 Å². The topological polar surface area (TPSA) is 55.5 Å². The molecule has 2 unspecified atom stereocenters. The van der Waals surface area contributed by atoms with E-state index in [0.29, 0.717) is 18.9 Å². The average molecular weight is 147 g/mol. The molecule has 0 saturated heterocycles. The van der Waals surface area contributed by atoms with E-state index in [1.165, 1.54) is 0 Å². The first kappa shape index (κ1) is 9.88. The molecule has 0 amide bonds. The van der Waals surface area contributed by atoms with Crippen LogP contribution < -0.4 is 5.73 Å². The summed E-state index contributed by atoms with van der Waals surface area (Å²) in [6.45, 7) is 2.85. The fourth-order valence-corrected chi connectivity index (χ4v) is 0.820. The van der Waals surface area contributed by atoms with Gasteiger partial charge < -0.3 is 15.6 Å². The number of nitrogens with two attached hydrogens (primary N) is 1. The van der Waals surface area contributed by atoms with Crippen LogP contribution in [0.1, 0.15) is 13.3 Å². The molecule has 0 aromatic carbocycles. The highest BCUT2D eigenvalue weighted by Crippen LogP contribution is 2.03. The average Bonchev–Trinajstić information content (AvgIpc) is 1.89. The second kappa shape index (κ2) is 5.65. The normalized spacial score (nSPS) is 16.8. The van der Waals surface area contributed by atoms with E-state index < -0.39 is 0 Å². The van der Waals surface area contributed by atoms with Crippen LogP contribution in [0.25, 0.3) is 0 Å². The van der Waals surface area contributed by atoms with E-state index in [1.807, 2.05) is 6.92 Å². The summed E-state index contributed by atoms with van der Waals surface area (Å²) in [5.74, 6) is 0.331. The van der Waals surface area contributed by atoms with Crippen LogP contribution in [0.15, 0.2) is 0 Å². The molecule has 0 bridgehead atoms. The summed E-state index contributed by atoms with van der Waals surface area (Å²) >= 11 is 0. The zero-order chi connectivity index (χ0) is 7.98. The van der Waals surface area contributed by atoms with E-state index in [0.717, 1.165) is 0 Å². The molecule has 0 radical (unpaired) electrons. The van der Waals surface area contributed by atoms with Gasteiger partial charge >= 0.3 is 0 Å². The van der Waals surface area contributed by atoms with Crippen LogP contribution in [-0.2, 0) is 4.74 Å². The first-order chi connectivity index (χ1) is 4.72. The van der Waals surface area contributed by atoms with E-state index in [-0.39, 0.29) is 12.6 Å². The number of hydrogen-bond acceptors (Lipinski definition) is 3. The fraction of sp³-hybridized carbons (Fsp3) is 1.00. The summed E-state index contributed by atoms with van der Waals surface area (Å²) < 4.78 is 4.91. The van der Waals surface area contributed by atoms with Crippen molar-refractivity contribution in [1.29, 1.82) is 0 Å². The lowest BCUT2D eigenvalue weighted by molar-refractivity contribution is 0.139. The highest BCUT2D eigenvalue weighted by atomic mass is 16.5. The first-order valence-electron chi connectivity index (χ1n) is 3.57. The quantitative estimate of drug-likeness (QED) is 0.574. The number of aliphatic hydroxyl groups is 1. The molecule has 3 nitrogen and oxygen atoms in total. The zero-order valence-electron chi connectivity index (χ0n) is 6.71. The van der Waals surface area contributed by atoms with Crippen molar-refractivity contribution >= 4 is 0 Å². The van der Waals surface area contributed by atoms with Gasteiger partial charge in [0.25, 0.3) is 0 Å². The molecule has 0 aromatic heterocycles. The van der Waals surface area contributed by atoms with Gasteiger partial charge in [0.15, 0.2) is 0 Å². The lowest BCUT2D eigenvalue weighted by Gasteiger charge is -2.17. The molecule has 0 saturated carbocycles. The van der Waals surface area contributed by atoms with E-state index in [4.69, 9.17) is 15.6 Å². The van der Waals surface area contributed by atoms with Crippen LogP contribution in [-0.4, -0.2) is 31.5 Å². The Morgan fingerprint density at radius 3 is 2.60 bits per heavy atom. The van der Waals surface area contributed by atoms with Crippen molar-refractivity contribution < 1.29 is 9.84 Å². The third-order valence-corrected chi connectivity index (χ3v) is 1.62. The molecule has 2 atom stereocenters. The van der Waals surface area contributed by atoms with Gasteiger partial charge in [-0.05, 0) is 12.3 Å². The maximum Gasteiger partial charge on any atom is 0.0502 e. The molecular weight excluding hydrogens is 130 g/mol. The van der Waals surface area contributed by atoms with Gasteiger partial charge in [0.1, 0.15) is 0 Å². The molecule has 0 aromatic rings. The Bertz CT molecular complexity index is 68.0. The van der Waals surface area contributed by atoms with Gasteiger partial charge in [-0.15, -0.1) is 0 Å². The molecule has 0 heterocycles. The van der Waals surface area contributed by atoms with Gasteiger partial charge in [-0.3, -0.25) is 0 Å². The Hall–Kier alpha value is -0.120. The minimum Gasteiger partial charge on any atom is -0.396 e. The summed E-state index contributed by atoms with van der Waals surface area (Å²) in [7, 11) is 1.65. The fourth-order valence-electron chi connectivity index (χ4n) is 0.820. The number of hydrogen-bond donors (Lipinski definition) is 2. The number of ether oxygens (including phenoxy) is 1. The molecule has 10 heavy (non-hydrogen) atoms. The Balaban J connectivity index is 3.38. The van der Waals surface area contributed by atoms with Crippen LogP contribution in [0, 0.1) is 5.92 Å². The van der Waals surface area contributed by atoms with Crippen molar-refractivity contribution in [1.82, 2.24) is 0 Å². The van der Waals surface area contributed by atoms with E-state index in [2.05, 4.69) is 0 Å². The van der Waals surface area contributed by atoms with Gasteiger partial charge in [-0.2, -0.15) is 0 Å². The van der Waals surface area contributed by atoms with Gasteiger partial charge in [-0.1, -0.05) is 6.92 Å². The van der Waals surface area contributed by atoms with Crippen molar-refractivity contribution in [3.05, 3.63) is 0 Å². The standard InChI is InChI=1S/C7H17NO2/c1-6(5-10-2)7(8)3-4-9/h6-7,9H,3-5,8H2,1-2H3. The number of methoxy groups -OCH3 is 1. The van der Waals surface area contributed by atoms with Gasteiger partial charge in [0.05, 0.1) is 6.61 Å². The van der Waals surface area contributed by atoms with E-state index >= 15 is 0 Å². The first-order valence-corrected chi connectivity index (χ1v) is 3.57. The molecule has 0 rings (SSSR count). The molecule has 62 valence electrons. The van der Waals surface area contributed by atoms with Crippen molar-refractivity contribution in [3.8, 4) is 0 Å². The maximum atomic E-state index is 8.53. The molecule has 0 fully saturated rings. The lowest BCUT2D eigenvalue weighted by atomic mass is 10.0. The summed E-state index contributed by atoms with van der Waals surface area (Å²) in [5, 5.41) is 8.53. The third kappa shape index (κ3) is 3.82. The van der Waals surface area contributed by atoms with Gasteiger partial charge in [0, 0.05) is 19.8 Å². The molecule has 0 spiro atoms. The second-order valence-electron chi connectivity index (χ2n) is 2.61. The summed E-state index contributed by atoms with van der Waals surface area (Å²) in [6.07, 6.45) is 0.657. The zero-order valence-corrected chi connectivity index (χ0v) is 6.71. The third-order valence-electron chi connectivity index (χ3n) is 1.62.